The number of carbonyl (C=O) groups is 2. The molecule has 0 radical (unpaired) electrons. The molecule has 1 atom stereocenters. The largest absolute Gasteiger partial charge is 0.487 e. The van der Waals surface area contributed by atoms with E-state index in [4.69, 9.17) is 14.5 Å². The molecule has 13 heteroatoms. The lowest BCUT2D eigenvalue weighted by Crippen LogP contribution is -2.33. The molecule has 0 bridgehead atoms. The molecule has 1 aliphatic heterocycles. The molecule has 6 rings (SSSR count). The van der Waals surface area contributed by atoms with Crippen molar-refractivity contribution in [2.75, 3.05) is 37.4 Å². The Hall–Kier alpha value is -5.17. The predicted molar refractivity (Wildman–Crippen MR) is 162 cm³/mol. The van der Waals surface area contributed by atoms with Crippen LogP contribution in [0.1, 0.15) is 28.2 Å². The quantitative estimate of drug-likeness (QED) is 0.189. The lowest BCUT2D eigenvalue weighted by Gasteiger charge is -2.17. The van der Waals surface area contributed by atoms with Gasteiger partial charge in [0.15, 0.2) is 17.3 Å². The summed E-state index contributed by atoms with van der Waals surface area (Å²) in [6.45, 7) is 5.43. The van der Waals surface area contributed by atoms with Crippen LogP contribution in [0.15, 0.2) is 48.9 Å². The van der Waals surface area contributed by atoms with Gasteiger partial charge in [-0.15, -0.1) is 0 Å². The van der Waals surface area contributed by atoms with Crippen molar-refractivity contribution in [2.45, 2.75) is 26.4 Å². The van der Waals surface area contributed by atoms with Gasteiger partial charge in [0.25, 0.3) is 0 Å². The van der Waals surface area contributed by atoms with Gasteiger partial charge >= 0.3 is 5.97 Å². The number of carbonyl (C=O) groups excluding carboxylic acids is 2. The molecule has 1 aromatic carbocycles. The summed E-state index contributed by atoms with van der Waals surface area (Å²) in [5, 5.41) is 11.6. The van der Waals surface area contributed by atoms with Crippen molar-refractivity contribution >= 4 is 40.2 Å². The second kappa shape index (κ2) is 11.6. The molecule has 5 heterocycles. The van der Waals surface area contributed by atoms with E-state index in [1.54, 1.807) is 23.1 Å². The van der Waals surface area contributed by atoms with E-state index in [0.717, 1.165) is 39.8 Å². The van der Waals surface area contributed by atoms with Gasteiger partial charge in [0.2, 0.25) is 11.9 Å². The van der Waals surface area contributed by atoms with Crippen LogP contribution >= 0.6 is 0 Å². The Morgan fingerprint density at radius 3 is 2.84 bits per heavy atom. The van der Waals surface area contributed by atoms with E-state index >= 15 is 0 Å². The summed E-state index contributed by atoms with van der Waals surface area (Å²) >= 11 is 0. The minimum atomic E-state index is -0.484. The number of nitrogens with one attached hydrogen (secondary N) is 4. The molecule has 5 aromatic rings. The summed E-state index contributed by atoms with van der Waals surface area (Å²) < 4.78 is 12.6. The topological polar surface area (TPSA) is 155 Å². The van der Waals surface area contributed by atoms with Crippen LogP contribution in [0.25, 0.3) is 22.2 Å². The van der Waals surface area contributed by atoms with Crippen LogP contribution in [-0.2, 0) is 16.6 Å². The maximum Gasteiger partial charge on any atom is 0.358 e. The highest BCUT2D eigenvalue weighted by molar-refractivity contribution is 6.06. The van der Waals surface area contributed by atoms with Crippen LogP contribution in [0.5, 0.6) is 5.75 Å². The number of aromatic nitrogens is 6. The van der Waals surface area contributed by atoms with E-state index in [1.165, 1.54) is 7.11 Å². The van der Waals surface area contributed by atoms with Gasteiger partial charge in [0, 0.05) is 61.4 Å². The van der Waals surface area contributed by atoms with Gasteiger partial charge in [-0.3, -0.25) is 14.4 Å². The third-order valence-electron chi connectivity index (χ3n) is 7.56. The fourth-order valence-corrected chi connectivity index (χ4v) is 5.29. The minimum absolute atomic E-state index is 0.128. The number of hydrogen-bond donors (Lipinski definition) is 4. The Balaban J connectivity index is 1.13. The summed E-state index contributed by atoms with van der Waals surface area (Å²) in [6.07, 6.45) is 5.92. The Morgan fingerprint density at radius 2 is 2.05 bits per heavy atom. The van der Waals surface area contributed by atoms with Gasteiger partial charge in [0.1, 0.15) is 6.10 Å². The number of methoxy groups -OCH3 is 1. The van der Waals surface area contributed by atoms with E-state index in [9.17, 15) is 9.59 Å². The van der Waals surface area contributed by atoms with Gasteiger partial charge in [0.05, 0.1) is 30.6 Å². The molecule has 4 aromatic heterocycles. The first-order valence-corrected chi connectivity index (χ1v) is 14.0. The number of H-pyrrole nitrogens is 2. The van der Waals surface area contributed by atoms with Gasteiger partial charge < -0.3 is 30.1 Å². The molecular weight excluding hydrogens is 550 g/mol. The first kappa shape index (κ1) is 28.0. The highest BCUT2D eigenvalue weighted by atomic mass is 16.5. The first-order chi connectivity index (χ1) is 20.8. The van der Waals surface area contributed by atoms with Crippen molar-refractivity contribution in [3.8, 4) is 17.0 Å². The predicted octanol–water partition coefficient (Wildman–Crippen LogP) is 3.93. The number of aryl methyl sites for hydroxylation is 3. The zero-order valence-corrected chi connectivity index (χ0v) is 24.4. The highest BCUT2D eigenvalue weighted by Crippen LogP contribution is 2.33. The highest BCUT2D eigenvalue weighted by Gasteiger charge is 2.27. The van der Waals surface area contributed by atoms with Gasteiger partial charge in [-0.1, -0.05) is 12.1 Å². The van der Waals surface area contributed by atoms with Gasteiger partial charge in [-0.2, -0.15) is 5.10 Å². The number of aromatic amines is 2. The molecule has 1 saturated heterocycles. The van der Waals surface area contributed by atoms with Crippen molar-refractivity contribution < 1.29 is 19.1 Å². The zero-order valence-electron chi connectivity index (χ0n) is 24.4. The second-order valence-corrected chi connectivity index (χ2v) is 10.6. The number of benzene rings is 1. The first-order valence-electron chi connectivity index (χ1n) is 14.0. The van der Waals surface area contributed by atoms with Crippen LogP contribution in [-0.4, -0.2) is 79.3 Å². The maximum atomic E-state index is 13.1. The molecule has 1 fully saturated rings. The number of para-hydroxylation sites is 1. The molecule has 0 unspecified atom stereocenters. The molecule has 1 amide bonds. The average molecular weight is 584 g/mol. The van der Waals surface area contributed by atoms with Crippen LogP contribution in [0.2, 0.25) is 0 Å². The molecule has 0 spiro atoms. The van der Waals surface area contributed by atoms with Crippen LogP contribution < -0.4 is 15.4 Å². The van der Waals surface area contributed by atoms with Crippen molar-refractivity contribution in [3.05, 3.63) is 65.9 Å². The smallest absolute Gasteiger partial charge is 0.358 e. The van der Waals surface area contributed by atoms with Crippen LogP contribution in [0.4, 0.5) is 17.5 Å². The normalized spacial score (nSPS) is 15.1. The minimum Gasteiger partial charge on any atom is -0.487 e. The second-order valence-electron chi connectivity index (χ2n) is 10.6. The number of amides is 1. The SMILES string of the molecule is COC(=O)c1[nH]ccc1O[C@H]1CCN(CC(=O)Nc2cccc3c(-c4nc(Nc5cc(C)n(C)n5)ncc4C)c[nH]c23)C1. The number of ether oxygens (including phenoxy) is 2. The van der Waals surface area contributed by atoms with E-state index in [2.05, 4.69) is 30.7 Å². The Kier molecular flexibility index (Phi) is 7.55. The number of esters is 1. The molecule has 4 N–H and O–H groups in total. The lowest BCUT2D eigenvalue weighted by molar-refractivity contribution is -0.117. The molecular formula is C30H33N9O4. The lowest BCUT2D eigenvalue weighted by atomic mass is 10.1. The molecule has 13 nitrogen and oxygen atoms in total. The zero-order chi connectivity index (χ0) is 30.1. The summed E-state index contributed by atoms with van der Waals surface area (Å²) in [6, 6.07) is 9.42. The van der Waals surface area contributed by atoms with Crippen molar-refractivity contribution in [2.24, 2.45) is 7.05 Å². The molecule has 0 saturated carbocycles. The number of nitrogens with zero attached hydrogens (tertiary/aromatic N) is 5. The molecule has 1 aliphatic rings. The summed E-state index contributed by atoms with van der Waals surface area (Å²) in [7, 11) is 3.21. The molecule has 222 valence electrons. The number of hydrogen-bond acceptors (Lipinski definition) is 9. The fourth-order valence-electron chi connectivity index (χ4n) is 5.29. The van der Waals surface area contributed by atoms with Crippen LogP contribution in [0.3, 0.4) is 0 Å². The van der Waals surface area contributed by atoms with Crippen molar-refractivity contribution in [3.63, 3.8) is 0 Å². The summed E-state index contributed by atoms with van der Waals surface area (Å²) in [5.41, 5.74) is 5.40. The number of fused-ring (bicyclic) bond motifs is 1. The standard InChI is InChI=1S/C30H33N9O4/c1-17-13-33-30(35-24-12-18(2)38(3)37-24)36-26(17)21-14-32-27-20(21)6-5-7-22(27)34-25(40)16-39-11-9-19(15-39)43-23-8-10-31-28(23)29(41)42-4/h5-8,10,12-14,19,31-32H,9,11,15-16H2,1-4H3,(H,34,40)(H,33,35,36,37)/t19-/m0/s1. The van der Waals surface area contributed by atoms with E-state index in [1.807, 2.05) is 56.3 Å². The monoisotopic (exact) mass is 583 g/mol. The van der Waals surface area contributed by atoms with Crippen molar-refractivity contribution in [1.29, 1.82) is 0 Å². The summed E-state index contributed by atoms with van der Waals surface area (Å²) in [4.78, 5) is 42.4. The van der Waals surface area contributed by atoms with E-state index < -0.39 is 5.97 Å². The third kappa shape index (κ3) is 5.79. The van der Waals surface area contributed by atoms with Crippen LogP contribution in [0, 0.1) is 13.8 Å². The molecule has 0 aliphatic carbocycles. The van der Waals surface area contributed by atoms with Gasteiger partial charge in [-0.05, 0) is 38.0 Å². The summed E-state index contributed by atoms with van der Waals surface area (Å²) in [5.74, 6) is 0.957. The Labute approximate surface area is 247 Å². The Morgan fingerprint density at radius 1 is 1.19 bits per heavy atom. The van der Waals surface area contributed by atoms with E-state index in [0.29, 0.717) is 36.3 Å². The van der Waals surface area contributed by atoms with Gasteiger partial charge in [-0.25, -0.2) is 14.8 Å². The average Bonchev–Trinajstić information content (AvgIpc) is 3.78. The number of rotatable bonds is 9. The van der Waals surface area contributed by atoms with E-state index in [-0.39, 0.29) is 24.2 Å². The molecule has 43 heavy (non-hydrogen) atoms. The Bertz CT molecular complexity index is 1780. The fraction of sp³-hybridized carbons (Fsp3) is 0.300. The third-order valence-corrected chi connectivity index (χ3v) is 7.56. The maximum absolute atomic E-state index is 13.1. The number of likely N-dealkylation sites (tertiary alicyclic amines) is 1. The number of anilines is 3. The van der Waals surface area contributed by atoms with Crippen molar-refractivity contribution in [1.82, 2.24) is 34.6 Å².